The summed E-state index contributed by atoms with van der Waals surface area (Å²) in [5, 5.41) is 0. The molecule has 0 saturated heterocycles. The molecular weight excluding hydrogens is 201 g/mol. The van der Waals surface area contributed by atoms with E-state index in [1.807, 2.05) is 13.8 Å². The molecular formula is C12H17F3. The number of hydrogen-bond donors (Lipinski definition) is 0. The molecule has 0 saturated carbocycles. The van der Waals surface area contributed by atoms with Gasteiger partial charge in [-0.05, 0) is 37.0 Å². The molecule has 0 heterocycles. The Morgan fingerprint density at radius 3 is 2.00 bits per heavy atom. The summed E-state index contributed by atoms with van der Waals surface area (Å²) in [6, 6.07) is 0. The normalized spacial score (nSPS) is 14.7. The Kier molecular flexibility index (Phi) is 4.85. The van der Waals surface area contributed by atoms with Crippen molar-refractivity contribution in [3.8, 4) is 0 Å². The Bertz CT molecular complexity index is 290. The zero-order valence-electron chi connectivity index (χ0n) is 9.57. The van der Waals surface area contributed by atoms with Crippen molar-refractivity contribution in [2.45, 2.75) is 33.9 Å². The van der Waals surface area contributed by atoms with Gasteiger partial charge in [0.2, 0.25) is 0 Å². The van der Waals surface area contributed by atoms with Gasteiger partial charge in [0.25, 0.3) is 0 Å². The van der Waals surface area contributed by atoms with Gasteiger partial charge in [-0.1, -0.05) is 26.5 Å². The van der Waals surface area contributed by atoms with Gasteiger partial charge in [-0.2, -0.15) is 13.2 Å². The van der Waals surface area contributed by atoms with Crippen LogP contribution in [0.5, 0.6) is 0 Å². The smallest absolute Gasteiger partial charge is 0.166 e. The van der Waals surface area contributed by atoms with Gasteiger partial charge in [0.05, 0.1) is 5.57 Å². The summed E-state index contributed by atoms with van der Waals surface area (Å²) in [4.78, 5) is 0. The van der Waals surface area contributed by atoms with Crippen molar-refractivity contribution in [1.29, 1.82) is 0 Å². The number of rotatable bonds is 3. The first-order valence-electron chi connectivity index (χ1n) is 4.81. The lowest BCUT2D eigenvalue weighted by Crippen LogP contribution is -2.10. The Labute approximate surface area is 89.2 Å². The van der Waals surface area contributed by atoms with E-state index in [0.29, 0.717) is 5.57 Å². The zero-order chi connectivity index (χ0) is 12.2. The molecule has 0 atom stereocenters. The van der Waals surface area contributed by atoms with E-state index in [2.05, 4.69) is 6.58 Å². The summed E-state index contributed by atoms with van der Waals surface area (Å²) < 4.78 is 37.2. The summed E-state index contributed by atoms with van der Waals surface area (Å²) in [5.74, 6) is 0.160. The van der Waals surface area contributed by atoms with E-state index in [4.69, 9.17) is 0 Å². The third-order valence-corrected chi connectivity index (χ3v) is 2.21. The summed E-state index contributed by atoms with van der Waals surface area (Å²) in [7, 11) is 0. The van der Waals surface area contributed by atoms with Crippen LogP contribution in [0.2, 0.25) is 0 Å². The van der Waals surface area contributed by atoms with E-state index >= 15 is 0 Å². The van der Waals surface area contributed by atoms with E-state index < -0.39 is 11.7 Å². The SMILES string of the molecule is C=C(/C(C)=C\C(=C/C)C(F)(F)F)C(C)C. The van der Waals surface area contributed by atoms with Crippen molar-refractivity contribution in [3.63, 3.8) is 0 Å². The van der Waals surface area contributed by atoms with Crippen LogP contribution in [-0.4, -0.2) is 6.18 Å². The van der Waals surface area contributed by atoms with Crippen LogP contribution in [0.3, 0.4) is 0 Å². The highest BCUT2D eigenvalue weighted by Gasteiger charge is 2.31. The average molecular weight is 218 g/mol. The maximum absolute atomic E-state index is 12.4. The molecule has 0 rings (SSSR count). The molecule has 0 aliphatic rings. The highest BCUT2D eigenvalue weighted by atomic mass is 19.4. The van der Waals surface area contributed by atoms with Gasteiger partial charge in [-0.15, -0.1) is 0 Å². The van der Waals surface area contributed by atoms with Gasteiger partial charge in [0.1, 0.15) is 0 Å². The first kappa shape index (κ1) is 14.0. The van der Waals surface area contributed by atoms with E-state index in [1.54, 1.807) is 6.92 Å². The van der Waals surface area contributed by atoms with Gasteiger partial charge in [0, 0.05) is 0 Å². The zero-order valence-corrected chi connectivity index (χ0v) is 9.57. The molecule has 0 aromatic rings. The molecule has 0 aromatic heterocycles. The fourth-order valence-electron chi connectivity index (χ4n) is 1.11. The standard InChI is InChI=1S/C12H17F3/c1-6-11(12(13,14)15)7-9(4)10(5)8(2)3/h6-8H,5H2,1-4H3/b9-7-,11-6+. The van der Waals surface area contributed by atoms with Gasteiger partial charge >= 0.3 is 6.18 Å². The van der Waals surface area contributed by atoms with Gasteiger partial charge < -0.3 is 0 Å². The highest BCUT2D eigenvalue weighted by Crippen LogP contribution is 2.29. The fourth-order valence-corrected chi connectivity index (χ4v) is 1.11. The lowest BCUT2D eigenvalue weighted by molar-refractivity contribution is -0.0883. The maximum Gasteiger partial charge on any atom is 0.416 e. The second kappa shape index (κ2) is 5.19. The Hall–Kier alpha value is -0.990. The van der Waals surface area contributed by atoms with Crippen LogP contribution in [0.15, 0.2) is 35.5 Å². The van der Waals surface area contributed by atoms with Gasteiger partial charge in [0.15, 0.2) is 0 Å². The molecule has 0 N–H and O–H groups in total. The molecule has 0 aliphatic carbocycles. The molecule has 0 amide bonds. The molecule has 0 aromatic carbocycles. The van der Waals surface area contributed by atoms with E-state index in [0.717, 1.165) is 17.7 Å². The lowest BCUT2D eigenvalue weighted by Gasteiger charge is -2.12. The maximum atomic E-state index is 12.4. The highest BCUT2D eigenvalue weighted by molar-refractivity contribution is 5.36. The molecule has 0 aliphatic heterocycles. The number of alkyl halides is 3. The molecule has 86 valence electrons. The van der Waals surface area contributed by atoms with Gasteiger partial charge in [-0.25, -0.2) is 0 Å². The van der Waals surface area contributed by atoms with Crippen molar-refractivity contribution in [2.75, 3.05) is 0 Å². The Morgan fingerprint density at radius 1 is 1.27 bits per heavy atom. The van der Waals surface area contributed by atoms with E-state index in [9.17, 15) is 13.2 Å². The fraction of sp³-hybridized carbons (Fsp3) is 0.500. The lowest BCUT2D eigenvalue weighted by atomic mass is 9.96. The number of hydrogen-bond acceptors (Lipinski definition) is 0. The topological polar surface area (TPSA) is 0 Å². The van der Waals surface area contributed by atoms with Crippen LogP contribution in [0.1, 0.15) is 27.7 Å². The molecule has 0 spiro atoms. The molecule has 3 heteroatoms. The molecule has 0 bridgehead atoms. The van der Waals surface area contributed by atoms with Gasteiger partial charge in [-0.3, -0.25) is 0 Å². The molecule has 0 unspecified atom stereocenters. The summed E-state index contributed by atoms with van der Waals surface area (Å²) in [5.41, 5.74) is 0.691. The van der Waals surface area contributed by atoms with Crippen LogP contribution in [0.25, 0.3) is 0 Å². The Balaban J connectivity index is 4.97. The number of allylic oxidation sites excluding steroid dienone is 5. The predicted molar refractivity (Wildman–Crippen MR) is 57.5 cm³/mol. The quantitative estimate of drug-likeness (QED) is 0.605. The summed E-state index contributed by atoms with van der Waals surface area (Å²) >= 11 is 0. The first-order chi connectivity index (χ1) is 6.70. The third-order valence-electron chi connectivity index (χ3n) is 2.21. The van der Waals surface area contributed by atoms with Crippen LogP contribution < -0.4 is 0 Å². The molecule has 0 fully saturated rings. The van der Waals surface area contributed by atoms with Crippen molar-refractivity contribution >= 4 is 0 Å². The summed E-state index contributed by atoms with van der Waals surface area (Å²) in [6.07, 6.45) is -2.08. The molecule has 15 heavy (non-hydrogen) atoms. The minimum atomic E-state index is -4.28. The Morgan fingerprint density at radius 2 is 1.73 bits per heavy atom. The number of halogens is 3. The third kappa shape index (κ3) is 4.36. The largest absolute Gasteiger partial charge is 0.416 e. The summed E-state index contributed by atoms with van der Waals surface area (Å²) in [6.45, 7) is 10.6. The average Bonchev–Trinajstić information content (AvgIpc) is 2.10. The predicted octanol–water partition coefficient (Wildman–Crippen LogP) is 4.65. The van der Waals surface area contributed by atoms with Crippen molar-refractivity contribution in [2.24, 2.45) is 5.92 Å². The first-order valence-corrected chi connectivity index (χ1v) is 4.81. The van der Waals surface area contributed by atoms with E-state index in [1.165, 1.54) is 6.92 Å². The monoisotopic (exact) mass is 218 g/mol. The van der Waals surface area contributed by atoms with Crippen LogP contribution >= 0.6 is 0 Å². The molecule has 0 nitrogen and oxygen atoms in total. The minimum Gasteiger partial charge on any atom is -0.166 e. The van der Waals surface area contributed by atoms with Crippen LogP contribution in [-0.2, 0) is 0 Å². The second-order valence-corrected chi connectivity index (χ2v) is 3.75. The molecule has 0 radical (unpaired) electrons. The van der Waals surface area contributed by atoms with E-state index in [-0.39, 0.29) is 5.92 Å². The van der Waals surface area contributed by atoms with Crippen LogP contribution in [0.4, 0.5) is 13.2 Å². The van der Waals surface area contributed by atoms with Crippen molar-refractivity contribution < 1.29 is 13.2 Å². The second-order valence-electron chi connectivity index (χ2n) is 3.75. The van der Waals surface area contributed by atoms with Crippen LogP contribution in [0, 0.1) is 5.92 Å². The minimum absolute atomic E-state index is 0.160. The van der Waals surface area contributed by atoms with Crippen molar-refractivity contribution in [1.82, 2.24) is 0 Å². The van der Waals surface area contributed by atoms with Crippen molar-refractivity contribution in [3.05, 3.63) is 35.5 Å².